The lowest BCUT2D eigenvalue weighted by atomic mass is 10.1. The molecule has 0 unspecified atom stereocenters. The van der Waals surface area contributed by atoms with Crippen LogP contribution in [0.5, 0.6) is 0 Å². The molecule has 5 heteroatoms. The molecule has 1 aromatic carbocycles. The predicted octanol–water partition coefficient (Wildman–Crippen LogP) is 1.35. The summed E-state index contributed by atoms with van der Waals surface area (Å²) in [6, 6.07) is 4.03. The molecule has 0 atom stereocenters. The fourth-order valence-corrected chi connectivity index (χ4v) is 1.17. The maximum atomic E-state index is 13.3. The number of halogens is 1. The van der Waals surface area contributed by atoms with Gasteiger partial charge in [-0.1, -0.05) is 0 Å². The van der Waals surface area contributed by atoms with Crippen molar-refractivity contribution in [3.05, 3.63) is 35.1 Å². The van der Waals surface area contributed by atoms with Crippen LogP contribution in [0.1, 0.15) is 29.8 Å². The van der Waals surface area contributed by atoms with Crippen LogP contribution in [-0.2, 0) is 11.3 Å². The van der Waals surface area contributed by atoms with Crippen LogP contribution in [0.3, 0.4) is 0 Å². The second-order valence-electron chi connectivity index (χ2n) is 3.64. The molecular weight excluding hydrogens is 211 g/mol. The molecule has 0 fully saturated rings. The summed E-state index contributed by atoms with van der Waals surface area (Å²) < 4.78 is 18.6. The van der Waals surface area contributed by atoms with E-state index in [-0.39, 0.29) is 12.7 Å². The van der Waals surface area contributed by atoms with Crippen LogP contribution in [0, 0.1) is 5.82 Å². The zero-order valence-electron chi connectivity index (χ0n) is 9.29. The number of rotatable bonds is 4. The van der Waals surface area contributed by atoms with E-state index in [4.69, 9.17) is 10.6 Å². The number of carbonyl (C=O) groups excluding carboxylic acids is 1. The Morgan fingerprint density at radius 1 is 1.56 bits per heavy atom. The number of hydrazine groups is 1. The Morgan fingerprint density at radius 3 is 2.81 bits per heavy atom. The van der Waals surface area contributed by atoms with Gasteiger partial charge in [0.1, 0.15) is 5.82 Å². The lowest BCUT2D eigenvalue weighted by Crippen LogP contribution is -2.30. The molecule has 88 valence electrons. The molecule has 0 aromatic heterocycles. The van der Waals surface area contributed by atoms with E-state index in [2.05, 4.69) is 0 Å². The summed E-state index contributed by atoms with van der Waals surface area (Å²) in [5.74, 6) is 4.14. The maximum absolute atomic E-state index is 13.3. The molecule has 0 aliphatic heterocycles. The molecule has 0 saturated carbocycles. The second kappa shape index (κ2) is 5.58. The number of nitrogen functional groups attached to an aromatic ring is 1. The first-order chi connectivity index (χ1) is 7.54. The Bertz CT molecular complexity index is 380. The van der Waals surface area contributed by atoms with Gasteiger partial charge in [-0.25, -0.2) is 10.2 Å². The van der Waals surface area contributed by atoms with Crippen molar-refractivity contribution in [1.82, 2.24) is 5.43 Å². The van der Waals surface area contributed by atoms with Crippen LogP contribution in [0.2, 0.25) is 0 Å². The molecule has 0 saturated heterocycles. The van der Waals surface area contributed by atoms with Crippen LogP contribution < -0.4 is 11.3 Å². The maximum Gasteiger partial charge on any atom is 0.265 e. The summed E-state index contributed by atoms with van der Waals surface area (Å²) in [5, 5.41) is 0. The molecule has 0 radical (unpaired) electrons. The number of nitrogens with one attached hydrogen (secondary N) is 1. The first-order valence-electron chi connectivity index (χ1n) is 4.95. The van der Waals surface area contributed by atoms with E-state index >= 15 is 0 Å². The largest absolute Gasteiger partial charge is 0.374 e. The molecule has 1 aromatic rings. The number of nitrogens with two attached hydrogens (primary N) is 1. The van der Waals surface area contributed by atoms with Gasteiger partial charge in [0, 0.05) is 11.1 Å². The monoisotopic (exact) mass is 226 g/mol. The van der Waals surface area contributed by atoms with Gasteiger partial charge in [-0.2, -0.15) is 0 Å². The van der Waals surface area contributed by atoms with E-state index in [1.165, 1.54) is 18.2 Å². The molecule has 1 rings (SSSR count). The minimum Gasteiger partial charge on any atom is -0.374 e. The predicted molar refractivity (Wildman–Crippen MR) is 58.0 cm³/mol. The average molecular weight is 226 g/mol. The van der Waals surface area contributed by atoms with Crippen molar-refractivity contribution in [1.29, 1.82) is 0 Å². The summed E-state index contributed by atoms with van der Waals surface area (Å²) in [6.45, 7) is 3.85. The fraction of sp³-hybridized carbons (Fsp3) is 0.364. The summed E-state index contributed by atoms with van der Waals surface area (Å²) in [6.07, 6.45) is 0.00592. The minimum absolute atomic E-state index is 0.00592. The van der Waals surface area contributed by atoms with Crippen LogP contribution >= 0.6 is 0 Å². The van der Waals surface area contributed by atoms with Gasteiger partial charge in [-0.15, -0.1) is 0 Å². The number of benzene rings is 1. The number of hydrogen-bond donors (Lipinski definition) is 2. The Labute approximate surface area is 93.6 Å². The Hall–Kier alpha value is -1.46. The third-order valence-corrected chi connectivity index (χ3v) is 2.01. The van der Waals surface area contributed by atoms with Crippen LogP contribution in [0.25, 0.3) is 0 Å². The molecule has 0 heterocycles. The van der Waals surface area contributed by atoms with E-state index in [1.807, 2.05) is 19.3 Å². The van der Waals surface area contributed by atoms with Crippen molar-refractivity contribution in [3.63, 3.8) is 0 Å². The molecule has 0 spiro atoms. The normalized spacial score (nSPS) is 10.6. The standard InChI is InChI=1S/C11H15FN2O2/c1-7(2)16-6-9-5-8(11(15)14-13)3-4-10(9)12/h3-5,7H,6,13H2,1-2H3,(H,14,15). The van der Waals surface area contributed by atoms with Gasteiger partial charge in [-0.3, -0.25) is 10.2 Å². The zero-order chi connectivity index (χ0) is 12.1. The van der Waals surface area contributed by atoms with Crippen molar-refractivity contribution in [2.45, 2.75) is 26.6 Å². The van der Waals surface area contributed by atoms with Crippen LogP contribution in [0.15, 0.2) is 18.2 Å². The van der Waals surface area contributed by atoms with Gasteiger partial charge in [0.05, 0.1) is 12.7 Å². The van der Waals surface area contributed by atoms with Crippen molar-refractivity contribution < 1.29 is 13.9 Å². The van der Waals surface area contributed by atoms with Crippen molar-refractivity contribution in [2.24, 2.45) is 5.84 Å². The number of amides is 1. The van der Waals surface area contributed by atoms with E-state index < -0.39 is 11.7 Å². The molecule has 0 bridgehead atoms. The smallest absolute Gasteiger partial charge is 0.265 e. The third-order valence-electron chi connectivity index (χ3n) is 2.01. The molecule has 4 nitrogen and oxygen atoms in total. The van der Waals surface area contributed by atoms with Crippen molar-refractivity contribution >= 4 is 5.91 Å². The lowest BCUT2D eigenvalue weighted by molar-refractivity contribution is 0.0639. The highest BCUT2D eigenvalue weighted by Gasteiger charge is 2.09. The Morgan fingerprint density at radius 2 is 2.25 bits per heavy atom. The van der Waals surface area contributed by atoms with E-state index in [1.54, 1.807) is 0 Å². The average Bonchev–Trinajstić information content (AvgIpc) is 2.26. The lowest BCUT2D eigenvalue weighted by Gasteiger charge is -2.09. The summed E-state index contributed by atoms with van der Waals surface area (Å²) in [4.78, 5) is 11.2. The highest BCUT2D eigenvalue weighted by molar-refractivity contribution is 5.93. The molecule has 3 N–H and O–H groups in total. The number of carbonyl (C=O) groups is 1. The Kier molecular flexibility index (Phi) is 4.39. The van der Waals surface area contributed by atoms with Gasteiger partial charge in [0.2, 0.25) is 0 Å². The second-order valence-corrected chi connectivity index (χ2v) is 3.64. The van der Waals surface area contributed by atoms with Gasteiger partial charge in [0.15, 0.2) is 0 Å². The Balaban J connectivity index is 2.86. The summed E-state index contributed by atoms with van der Waals surface area (Å²) in [7, 11) is 0. The zero-order valence-corrected chi connectivity index (χ0v) is 9.29. The van der Waals surface area contributed by atoms with Gasteiger partial charge >= 0.3 is 0 Å². The molecule has 0 aliphatic rings. The van der Waals surface area contributed by atoms with Gasteiger partial charge < -0.3 is 4.74 Å². The summed E-state index contributed by atoms with van der Waals surface area (Å²) in [5.41, 5.74) is 2.64. The first kappa shape index (κ1) is 12.6. The van der Waals surface area contributed by atoms with Crippen LogP contribution in [-0.4, -0.2) is 12.0 Å². The van der Waals surface area contributed by atoms with E-state index in [0.29, 0.717) is 11.1 Å². The number of hydrogen-bond acceptors (Lipinski definition) is 3. The molecule has 16 heavy (non-hydrogen) atoms. The van der Waals surface area contributed by atoms with E-state index in [9.17, 15) is 9.18 Å². The van der Waals surface area contributed by atoms with Crippen molar-refractivity contribution in [3.8, 4) is 0 Å². The molecular formula is C11H15FN2O2. The fourth-order valence-electron chi connectivity index (χ4n) is 1.17. The van der Waals surface area contributed by atoms with E-state index in [0.717, 1.165) is 0 Å². The highest BCUT2D eigenvalue weighted by Crippen LogP contribution is 2.12. The van der Waals surface area contributed by atoms with Crippen LogP contribution in [0.4, 0.5) is 4.39 Å². The topological polar surface area (TPSA) is 64.3 Å². The highest BCUT2D eigenvalue weighted by atomic mass is 19.1. The number of ether oxygens (including phenoxy) is 1. The molecule has 1 amide bonds. The third kappa shape index (κ3) is 3.29. The SMILES string of the molecule is CC(C)OCc1cc(C(=O)NN)ccc1F. The molecule has 0 aliphatic carbocycles. The first-order valence-corrected chi connectivity index (χ1v) is 4.95. The van der Waals surface area contributed by atoms with Gasteiger partial charge in [0.25, 0.3) is 5.91 Å². The quantitative estimate of drug-likeness (QED) is 0.463. The van der Waals surface area contributed by atoms with Crippen molar-refractivity contribution in [2.75, 3.05) is 0 Å². The van der Waals surface area contributed by atoms with Gasteiger partial charge in [-0.05, 0) is 32.0 Å². The summed E-state index contributed by atoms with van der Waals surface area (Å²) >= 11 is 0. The minimum atomic E-state index is -0.453.